The van der Waals surface area contributed by atoms with Crippen LogP contribution < -0.4 is 40.5 Å². The smallest absolute Gasteiger partial charge is 0.407 e. The molecule has 3 atom stereocenters. The summed E-state index contributed by atoms with van der Waals surface area (Å²) in [6.45, 7) is 13.2. The van der Waals surface area contributed by atoms with E-state index < -0.39 is 80.3 Å². The summed E-state index contributed by atoms with van der Waals surface area (Å²) in [6, 6.07) is 18.9. The van der Waals surface area contributed by atoms with Crippen LogP contribution in [-0.2, 0) is 43.6 Å². The van der Waals surface area contributed by atoms with Gasteiger partial charge in [0.1, 0.15) is 30.5 Å². The molecule has 3 unspecified atom stereocenters. The Hall–Kier alpha value is -8.95. The van der Waals surface area contributed by atoms with Crippen molar-refractivity contribution in [2.75, 3.05) is 101 Å². The standard InChI is InChI=1S/C62H77N9O17S/c1-7-67(8-2)41-21-23-45-51(35-41)88-52-36-42(68(9-3)10-4)22-24-46(52)58(45)43-17-13-14-18-44(43)61(77)69-30-16-19-49(69)60(76)66-48(39-89(81,82)83)59(75)64-27-15-11-12-20-55(72)63-29-33-86-54-38-50(71(79)80)47(37-53(54)84-6)40(5)87-62(78)65-28-32-85-34-31-70-56(73)25-26-57(70)74/h13-14,17-18,21-26,35-38,40,48-49H,7-12,15-16,19-20,27-34,39H2,1-6H3,(H4-,63,64,65,66,72,75,76,78,81,82,83)/p+1. The molecule has 2 aliphatic rings. The summed E-state index contributed by atoms with van der Waals surface area (Å²) in [4.78, 5) is 109. The van der Waals surface area contributed by atoms with Crippen LogP contribution in [0.5, 0.6) is 11.5 Å². The molecule has 0 radical (unpaired) electrons. The first-order valence-electron chi connectivity index (χ1n) is 29.8. The van der Waals surface area contributed by atoms with Gasteiger partial charge >= 0.3 is 17.3 Å². The molecule has 2 aliphatic heterocycles. The Balaban J connectivity index is 0.886. The van der Waals surface area contributed by atoms with Gasteiger partial charge in [-0.25, -0.2) is 9.21 Å². The molecule has 7 rings (SSSR count). The molecule has 1 aromatic heterocycles. The van der Waals surface area contributed by atoms with Gasteiger partial charge in [-0.15, -0.1) is 0 Å². The minimum absolute atomic E-state index is 0.00278. The van der Waals surface area contributed by atoms with E-state index in [1.165, 1.54) is 25.0 Å². The molecular formula is C62H78N9O17S+. The van der Waals surface area contributed by atoms with E-state index in [4.69, 9.17) is 23.4 Å². The number of likely N-dealkylation sites (tertiary alicyclic amines) is 1. The second-order valence-electron chi connectivity index (χ2n) is 21.1. The fourth-order valence-electron chi connectivity index (χ4n) is 10.8. The number of carbonyl (C=O) groups excluding carboxylic acids is 7. The third-order valence-electron chi connectivity index (χ3n) is 15.4. The monoisotopic (exact) mass is 1250 g/mol. The summed E-state index contributed by atoms with van der Waals surface area (Å²) in [7, 11) is -3.48. The Bertz CT molecular complexity index is 3470. The number of anilines is 2. The molecular weight excluding hydrogens is 1170 g/mol. The van der Waals surface area contributed by atoms with Gasteiger partial charge in [0.05, 0.1) is 72.9 Å². The van der Waals surface area contributed by atoms with E-state index >= 15 is 0 Å². The van der Waals surface area contributed by atoms with Gasteiger partial charge < -0.3 is 54.9 Å². The van der Waals surface area contributed by atoms with Crippen molar-refractivity contribution in [2.24, 2.45) is 0 Å². The molecule has 0 bridgehead atoms. The molecule has 478 valence electrons. The molecule has 0 spiro atoms. The van der Waals surface area contributed by atoms with Crippen LogP contribution in [0.4, 0.5) is 21.9 Å². The molecule has 27 heteroatoms. The number of imide groups is 1. The third-order valence-corrected chi connectivity index (χ3v) is 16.1. The van der Waals surface area contributed by atoms with E-state index in [1.807, 2.05) is 48.5 Å². The van der Waals surface area contributed by atoms with Crippen LogP contribution in [0.15, 0.2) is 89.4 Å². The van der Waals surface area contributed by atoms with Gasteiger partial charge in [0.2, 0.25) is 17.7 Å². The molecule has 5 N–H and O–H groups in total. The first-order valence-corrected chi connectivity index (χ1v) is 31.4. The Morgan fingerprint density at radius 2 is 1.44 bits per heavy atom. The van der Waals surface area contributed by atoms with Crippen LogP contribution in [-0.4, -0.2) is 173 Å². The number of alkyl carbamates (subject to hydrolysis) is 1. The second kappa shape index (κ2) is 31.8. The third kappa shape index (κ3) is 17.7. The van der Waals surface area contributed by atoms with Crippen molar-refractivity contribution in [3.05, 3.63) is 106 Å². The van der Waals surface area contributed by atoms with Crippen LogP contribution in [0.3, 0.4) is 0 Å². The topological polar surface area (TPSA) is 326 Å². The van der Waals surface area contributed by atoms with Gasteiger partial charge in [-0.05, 0) is 102 Å². The molecule has 1 fully saturated rings. The van der Waals surface area contributed by atoms with E-state index in [0.29, 0.717) is 48.0 Å². The van der Waals surface area contributed by atoms with Crippen molar-refractivity contribution in [2.45, 2.75) is 91.3 Å². The number of nitro benzene ring substituents is 1. The first kappa shape index (κ1) is 67.6. The Morgan fingerprint density at radius 3 is 2.06 bits per heavy atom. The zero-order valence-corrected chi connectivity index (χ0v) is 51.7. The highest BCUT2D eigenvalue weighted by molar-refractivity contribution is 7.85. The van der Waals surface area contributed by atoms with Crippen molar-refractivity contribution < 1.29 is 74.8 Å². The van der Waals surface area contributed by atoms with E-state index in [0.717, 1.165) is 77.0 Å². The maximum Gasteiger partial charge on any atom is 0.407 e. The van der Waals surface area contributed by atoms with Crippen LogP contribution in [0.25, 0.3) is 33.1 Å². The largest absolute Gasteiger partial charge is 0.493 e. The predicted octanol–water partition coefficient (Wildman–Crippen LogP) is 6.72. The molecule has 1 saturated heterocycles. The average molecular weight is 1250 g/mol. The van der Waals surface area contributed by atoms with Gasteiger partial charge in [0, 0.05) is 86.9 Å². The average Bonchev–Trinajstić information content (AvgIpc) is 1.71. The molecule has 3 heterocycles. The highest BCUT2D eigenvalue weighted by Crippen LogP contribution is 2.42. The van der Waals surface area contributed by atoms with E-state index in [2.05, 4.69) is 58.8 Å². The van der Waals surface area contributed by atoms with Crippen molar-refractivity contribution in [1.82, 2.24) is 31.1 Å². The van der Waals surface area contributed by atoms with Crippen LogP contribution in [0.1, 0.15) is 95.2 Å². The number of methoxy groups -OCH3 is 1. The van der Waals surface area contributed by atoms with Gasteiger partial charge in [0.15, 0.2) is 11.5 Å². The number of carbonyl (C=O) groups is 7. The van der Waals surface area contributed by atoms with Crippen LogP contribution in [0.2, 0.25) is 0 Å². The number of hydrogen-bond donors (Lipinski definition) is 5. The zero-order chi connectivity index (χ0) is 64.4. The minimum Gasteiger partial charge on any atom is -0.493 e. The van der Waals surface area contributed by atoms with Gasteiger partial charge in [0.25, 0.3) is 33.5 Å². The van der Waals surface area contributed by atoms with E-state index in [9.17, 15) is 56.6 Å². The van der Waals surface area contributed by atoms with Crippen LogP contribution >= 0.6 is 0 Å². The Morgan fingerprint density at radius 1 is 0.798 bits per heavy atom. The maximum atomic E-state index is 14.9. The van der Waals surface area contributed by atoms with E-state index in [-0.39, 0.29) is 88.4 Å². The Kier molecular flexibility index (Phi) is 24.1. The normalized spacial score (nSPS) is 14.6. The predicted molar refractivity (Wildman–Crippen MR) is 332 cm³/mol. The van der Waals surface area contributed by atoms with Gasteiger partial charge in [-0.2, -0.15) is 8.42 Å². The number of nitro groups is 1. The van der Waals surface area contributed by atoms with Crippen molar-refractivity contribution in [3.63, 3.8) is 0 Å². The van der Waals surface area contributed by atoms with Crippen LogP contribution in [0, 0.1) is 10.1 Å². The minimum atomic E-state index is -4.79. The van der Waals surface area contributed by atoms with Gasteiger partial charge in [-0.1, -0.05) is 24.6 Å². The fourth-order valence-corrected chi connectivity index (χ4v) is 11.5. The molecule has 7 amide bonds. The van der Waals surface area contributed by atoms with Crippen molar-refractivity contribution in [3.8, 4) is 22.6 Å². The van der Waals surface area contributed by atoms with E-state index in [1.54, 1.807) is 12.1 Å². The first-order chi connectivity index (χ1) is 42.7. The lowest BCUT2D eigenvalue weighted by atomic mass is 9.92. The zero-order valence-electron chi connectivity index (χ0n) is 50.9. The number of ether oxygens (including phenoxy) is 4. The number of fused-ring (bicyclic) bond motifs is 2. The molecule has 0 aliphatic carbocycles. The molecule has 4 aromatic carbocycles. The lowest BCUT2D eigenvalue weighted by Gasteiger charge is -2.27. The molecule has 0 saturated carbocycles. The van der Waals surface area contributed by atoms with Gasteiger partial charge in [-0.3, -0.25) is 48.3 Å². The fraction of sp³-hybridized carbons (Fsp3) is 0.452. The lowest BCUT2D eigenvalue weighted by molar-refractivity contribution is -0.386. The highest BCUT2D eigenvalue weighted by Gasteiger charge is 2.39. The number of benzene rings is 4. The molecule has 89 heavy (non-hydrogen) atoms. The number of unbranched alkanes of at least 4 members (excludes halogenated alkanes) is 2. The SMILES string of the molecule is CCN(CC)c1ccc2c(-c3ccccc3C(=O)N3CCCC3C(=O)NC(CS(=O)(=O)O)C(=O)NCCCCCC(=O)NCCOc3cc([N+](=O)[O-])c(C(C)OC(=O)NCCOCCN4C(=O)C=CC4=O)cc3OC)c3ccc(N(CC)CC)cc3[o+]c2c1. The number of nitrogens with one attached hydrogen (secondary N) is 4. The Labute approximate surface area is 516 Å². The molecule has 5 aromatic rings. The van der Waals surface area contributed by atoms with Crippen molar-refractivity contribution >= 4 is 90.7 Å². The maximum absolute atomic E-state index is 14.9. The summed E-state index contributed by atoms with van der Waals surface area (Å²) >= 11 is 0. The highest BCUT2D eigenvalue weighted by atomic mass is 32.2. The summed E-state index contributed by atoms with van der Waals surface area (Å²) < 4.78 is 62.9. The lowest BCUT2D eigenvalue weighted by Crippen LogP contribution is -2.55. The summed E-state index contributed by atoms with van der Waals surface area (Å²) in [5.74, 6) is -4.34. The summed E-state index contributed by atoms with van der Waals surface area (Å²) in [5, 5.41) is 24.0. The number of hydrogen-bond acceptors (Lipinski definition) is 17. The quantitative estimate of drug-likeness (QED) is 0.00553. The summed E-state index contributed by atoms with van der Waals surface area (Å²) in [5.41, 5.74) is 4.51. The second-order valence-corrected chi connectivity index (χ2v) is 22.6. The number of rotatable bonds is 33. The van der Waals surface area contributed by atoms with Crippen molar-refractivity contribution in [1.29, 1.82) is 0 Å². The number of nitrogens with zero attached hydrogens (tertiary/aromatic N) is 5. The number of amides is 7. The summed E-state index contributed by atoms with van der Waals surface area (Å²) in [6.07, 6.45) is 2.27. The molecule has 26 nitrogen and oxygen atoms in total.